The second-order valence-corrected chi connectivity index (χ2v) is 8.70. The molecule has 5 rings (SSSR count). The molecule has 0 bridgehead atoms. The number of aromatic nitrogens is 3. The zero-order valence-corrected chi connectivity index (χ0v) is 17.9. The van der Waals surface area contributed by atoms with Crippen molar-refractivity contribution in [3.63, 3.8) is 0 Å². The quantitative estimate of drug-likeness (QED) is 0.443. The molecular weight excluding hydrogens is 392 g/mol. The number of imidazole rings is 1. The molecule has 4 aromatic rings. The van der Waals surface area contributed by atoms with Gasteiger partial charge in [-0.05, 0) is 43.9 Å². The number of ether oxygens (including phenoxy) is 1. The minimum atomic E-state index is 0.392. The number of hydrogen-bond donors (Lipinski definition) is 1. The molecule has 5 nitrogen and oxygen atoms in total. The smallest absolute Gasteiger partial charge is 0.187 e. The number of anilines is 2. The SMILES string of the molecule is COc1cc(Nc2nc3c(s2)CCC[C@H]3c2ccccc2)ccc1-n1cnc(C)c1. The van der Waals surface area contributed by atoms with Gasteiger partial charge in [0, 0.05) is 28.7 Å². The average Bonchev–Trinajstić information content (AvgIpc) is 3.39. The van der Waals surface area contributed by atoms with Gasteiger partial charge in [0.2, 0.25) is 0 Å². The number of aryl methyl sites for hydroxylation is 2. The molecule has 1 aliphatic rings. The first kappa shape index (κ1) is 18.9. The molecule has 0 aliphatic heterocycles. The van der Waals surface area contributed by atoms with Gasteiger partial charge in [-0.1, -0.05) is 30.3 Å². The summed E-state index contributed by atoms with van der Waals surface area (Å²) in [7, 11) is 1.69. The molecular formula is C24H24N4OS. The first-order valence-corrected chi connectivity index (χ1v) is 11.0. The van der Waals surface area contributed by atoms with Gasteiger partial charge in [0.1, 0.15) is 5.75 Å². The highest BCUT2D eigenvalue weighted by Gasteiger charge is 2.26. The molecule has 0 fully saturated rings. The zero-order valence-electron chi connectivity index (χ0n) is 17.1. The van der Waals surface area contributed by atoms with Crippen molar-refractivity contribution in [2.45, 2.75) is 32.1 Å². The number of nitrogens with zero attached hydrogens (tertiary/aromatic N) is 3. The second kappa shape index (κ2) is 7.95. The van der Waals surface area contributed by atoms with Crippen LogP contribution in [0.3, 0.4) is 0 Å². The molecule has 0 saturated heterocycles. The Kier molecular flexibility index (Phi) is 5.01. The molecule has 6 heteroatoms. The molecule has 30 heavy (non-hydrogen) atoms. The maximum absolute atomic E-state index is 5.64. The predicted octanol–water partition coefficient (Wildman–Crippen LogP) is 5.86. The van der Waals surface area contributed by atoms with E-state index in [-0.39, 0.29) is 0 Å². The van der Waals surface area contributed by atoms with Crippen LogP contribution in [-0.4, -0.2) is 21.6 Å². The van der Waals surface area contributed by atoms with Gasteiger partial charge in [-0.3, -0.25) is 0 Å². The summed E-state index contributed by atoms with van der Waals surface area (Å²) < 4.78 is 7.61. The third kappa shape index (κ3) is 3.59. The van der Waals surface area contributed by atoms with Crippen LogP contribution in [0.1, 0.15) is 40.6 Å². The molecule has 1 atom stereocenters. The Morgan fingerprint density at radius 1 is 1.17 bits per heavy atom. The van der Waals surface area contributed by atoms with Crippen LogP contribution in [0, 0.1) is 6.92 Å². The van der Waals surface area contributed by atoms with E-state index in [0.29, 0.717) is 5.92 Å². The van der Waals surface area contributed by atoms with Gasteiger partial charge in [-0.25, -0.2) is 9.97 Å². The van der Waals surface area contributed by atoms with Crippen molar-refractivity contribution in [2.24, 2.45) is 0 Å². The molecule has 2 aromatic heterocycles. The van der Waals surface area contributed by atoms with Gasteiger partial charge in [0.15, 0.2) is 5.13 Å². The molecule has 2 aromatic carbocycles. The molecule has 0 saturated carbocycles. The first-order chi connectivity index (χ1) is 14.7. The monoisotopic (exact) mass is 416 g/mol. The molecule has 0 unspecified atom stereocenters. The van der Waals surface area contributed by atoms with Gasteiger partial charge >= 0.3 is 0 Å². The molecule has 2 heterocycles. The van der Waals surface area contributed by atoms with Crippen LogP contribution in [0.2, 0.25) is 0 Å². The molecule has 1 aliphatic carbocycles. The van der Waals surface area contributed by atoms with E-state index in [1.165, 1.54) is 22.6 Å². The van der Waals surface area contributed by atoms with E-state index in [2.05, 4.69) is 46.7 Å². The Morgan fingerprint density at radius 3 is 2.80 bits per heavy atom. The van der Waals surface area contributed by atoms with E-state index in [9.17, 15) is 0 Å². The van der Waals surface area contributed by atoms with Crippen LogP contribution in [0.15, 0.2) is 61.1 Å². The number of methoxy groups -OCH3 is 1. The van der Waals surface area contributed by atoms with E-state index < -0.39 is 0 Å². The van der Waals surface area contributed by atoms with Gasteiger partial charge in [-0.2, -0.15) is 0 Å². The largest absolute Gasteiger partial charge is 0.494 e. The topological polar surface area (TPSA) is 52.0 Å². The lowest BCUT2D eigenvalue weighted by molar-refractivity contribution is 0.413. The Morgan fingerprint density at radius 2 is 2.03 bits per heavy atom. The summed E-state index contributed by atoms with van der Waals surface area (Å²) in [4.78, 5) is 10.7. The lowest BCUT2D eigenvalue weighted by Crippen LogP contribution is -2.09. The van der Waals surface area contributed by atoms with Crippen LogP contribution < -0.4 is 10.1 Å². The van der Waals surface area contributed by atoms with E-state index in [1.807, 2.05) is 29.8 Å². The van der Waals surface area contributed by atoms with Crippen LogP contribution in [0.5, 0.6) is 5.75 Å². The number of benzene rings is 2. The van der Waals surface area contributed by atoms with Crippen LogP contribution in [0.25, 0.3) is 5.69 Å². The Labute approximate surface area is 180 Å². The minimum Gasteiger partial charge on any atom is -0.494 e. The van der Waals surface area contributed by atoms with E-state index in [4.69, 9.17) is 9.72 Å². The summed E-state index contributed by atoms with van der Waals surface area (Å²) in [5.41, 5.74) is 5.50. The maximum atomic E-state index is 5.64. The zero-order chi connectivity index (χ0) is 20.5. The van der Waals surface area contributed by atoms with Crippen LogP contribution in [0.4, 0.5) is 10.8 Å². The van der Waals surface area contributed by atoms with Crippen molar-refractivity contribution in [2.75, 3.05) is 12.4 Å². The molecule has 0 amide bonds. The highest BCUT2D eigenvalue weighted by atomic mass is 32.1. The fourth-order valence-corrected chi connectivity index (χ4v) is 5.21. The fourth-order valence-electron chi connectivity index (χ4n) is 4.13. The van der Waals surface area contributed by atoms with Crippen molar-refractivity contribution in [1.82, 2.24) is 14.5 Å². The van der Waals surface area contributed by atoms with E-state index >= 15 is 0 Å². The minimum absolute atomic E-state index is 0.392. The Bertz CT molecular complexity index is 1170. The highest BCUT2D eigenvalue weighted by molar-refractivity contribution is 7.15. The van der Waals surface area contributed by atoms with Crippen molar-refractivity contribution < 1.29 is 4.74 Å². The number of fused-ring (bicyclic) bond motifs is 1. The first-order valence-electron chi connectivity index (χ1n) is 10.2. The van der Waals surface area contributed by atoms with Gasteiger partial charge < -0.3 is 14.6 Å². The van der Waals surface area contributed by atoms with Gasteiger partial charge in [-0.15, -0.1) is 11.3 Å². The standard InChI is InChI=1S/C24H24N4OS/c1-16-14-28(15-25-16)20-12-11-18(13-21(20)29-2)26-24-27-23-19(9-6-10-22(23)30-24)17-7-4-3-5-8-17/h3-5,7-8,11-15,19H,6,9-10H2,1-2H3,(H,26,27)/t19-/m0/s1. The normalized spacial score (nSPS) is 15.6. The summed E-state index contributed by atoms with van der Waals surface area (Å²) in [5, 5.41) is 4.44. The number of thiazole rings is 1. The third-order valence-electron chi connectivity index (χ3n) is 5.58. The van der Waals surface area contributed by atoms with Crippen molar-refractivity contribution >= 4 is 22.2 Å². The number of rotatable bonds is 5. The highest BCUT2D eigenvalue weighted by Crippen LogP contribution is 2.41. The number of nitrogens with one attached hydrogen (secondary N) is 1. The van der Waals surface area contributed by atoms with Gasteiger partial charge in [0.25, 0.3) is 0 Å². The van der Waals surface area contributed by atoms with Crippen molar-refractivity contribution in [1.29, 1.82) is 0 Å². The lowest BCUT2D eigenvalue weighted by Gasteiger charge is -2.21. The lowest BCUT2D eigenvalue weighted by atomic mass is 9.85. The van der Waals surface area contributed by atoms with Crippen molar-refractivity contribution in [3.8, 4) is 11.4 Å². The summed E-state index contributed by atoms with van der Waals surface area (Å²) in [6, 6.07) is 16.9. The van der Waals surface area contributed by atoms with Crippen LogP contribution >= 0.6 is 11.3 Å². The van der Waals surface area contributed by atoms with Crippen molar-refractivity contribution in [3.05, 3.63) is 82.9 Å². The maximum Gasteiger partial charge on any atom is 0.187 e. The molecule has 152 valence electrons. The van der Waals surface area contributed by atoms with E-state index in [1.54, 1.807) is 24.8 Å². The molecule has 0 spiro atoms. The summed E-state index contributed by atoms with van der Waals surface area (Å²) >= 11 is 1.77. The average molecular weight is 417 g/mol. The predicted molar refractivity (Wildman–Crippen MR) is 121 cm³/mol. The number of hydrogen-bond acceptors (Lipinski definition) is 5. The van der Waals surface area contributed by atoms with Gasteiger partial charge in [0.05, 0.1) is 30.5 Å². The van der Waals surface area contributed by atoms with E-state index in [0.717, 1.165) is 40.8 Å². The molecule has 0 radical (unpaired) electrons. The summed E-state index contributed by atoms with van der Waals surface area (Å²) in [5.74, 6) is 1.18. The van der Waals surface area contributed by atoms with Crippen LogP contribution in [-0.2, 0) is 6.42 Å². The summed E-state index contributed by atoms with van der Waals surface area (Å²) in [6.45, 7) is 1.98. The Hall–Kier alpha value is -3.12. The third-order valence-corrected chi connectivity index (χ3v) is 6.62. The second-order valence-electron chi connectivity index (χ2n) is 7.62. The Balaban J connectivity index is 1.42. The summed E-state index contributed by atoms with van der Waals surface area (Å²) in [6.07, 6.45) is 7.27. The molecule has 1 N–H and O–H groups in total. The fraction of sp³-hybridized carbons (Fsp3) is 0.250.